The zero-order valence-electron chi connectivity index (χ0n) is 9.81. The van der Waals surface area contributed by atoms with E-state index in [2.05, 4.69) is 12.6 Å². The number of rotatable bonds is 4. The molecule has 1 radical (unpaired) electrons. The molecule has 1 nitrogen and oxygen atoms in total. The van der Waals surface area contributed by atoms with Crippen LogP contribution in [-0.4, -0.2) is 6.54 Å². The van der Waals surface area contributed by atoms with Crippen molar-refractivity contribution >= 4 is 11.4 Å². The Bertz CT molecular complexity index is 539. The average molecular weight is 245 g/mol. The van der Waals surface area contributed by atoms with Crippen LogP contribution in [0.15, 0.2) is 61.2 Å². The number of quaternary nitrogens is 1. The smallest absolute Gasteiger partial charge is 0.200 e. The largest absolute Gasteiger partial charge is 0.213 e. The minimum Gasteiger partial charge on any atom is -0.200 e. The van der Waals surface area contributed by atoms with Gasteiger partial charge in [-0.1, -0.05) is 41.6 Å². The molecular formula is C15H13F2N+. The van der Waals surface area contributed by atoms with E-state index in [4.69, 9.17) is 0 Å². The molecule has 0 spiro atoms. The van der Waals surface area contributed by atoms with E-state index < -0.39 is 10.5 Å². The molecule has 0 N–H and O–H groups in total. The predicted molar refractivity (Wildman–Crippen MR) is 69.3 cm³/mol. The van der Waals surface area contributed by atoms with Gasteiger partial charge in [0.1, 0.15) is 6.54 Å². The topological polar surface area (TPSA) is 0 Å². The molecule has 0 aliphatic heterocycles. The third-order valence-electron chi connectivity index (χ3n) is 2.71. The number of para-hydroxylation sites is 1. The van der Waals surface area contributed by atoms with Crippen molar-refractivity contribution in [3.8, 4) is 0 Å². The summed E-state index contributed by atoms with van der Waals surface area (Å²) in [4.78, 5) is 0. The summed E-state index contributed by atoms with van der Waals surface area (Å²) in [7, 11) is 0. The van der Waals surface area contributed by atoms with Gasteiger partial charge >= 0.3 is 0 Å². The second-order valence-corrected chi connectivity index (χ2v) is 3.89. The first-order chi connectivity index (χ1) is 8.68. The number of hydrogen-bond donors (Lipinski definition) is 0. The Morgan fingerprint density at radius 1 is 1.17 bits per heavy atom. The van der Waals surface area contributed by atoms with Crippen LogP contribution in [-0.2, 0) is 0 Å². The highest BCUT2D eigenvalue weighted by Gasteiger charge is 2.36. The second-order valence-electron chi connectivity index (χ2n) is 3.89. The first-order valence-electron chi connectivity index (χ1n) is 5.59. The van der Waals surface area contributed by atoms with Gasteiger partial charge in [0.25, 0.3) is 0 Å². The molecule has 0 amide bonds. The summed E-state index contributed by atoms with van der Waals surface area (Å²) >= 11 is 0. The van der Waals surface area contributed by atoms with Crippen LogP contribution < -0.4 is 4.71 Å². The van der Waals surface area contributed by atoms with Gasteiger partial charge in [0.05, 0.1) is 0 Å². The molecule has 2 aromatic carbocycles. The lowest BCUT2D eigenvalue weighted by Crippen LogP contribution is -2.35. The fraction of sp³-hybridized carbons (Fsp3) is 0.0667. The van der Waals surface area contributed by atoms with Gasteiger partial charge in [-0.3, -0.25) is 0 Å². The first kappa shape index (κ1) is 12.5. The SMILES string of the molecule is C=CC[N+](F)(c1ccccc1)c1ccc[c]c1F. The van der Waals surface area contributed by atoms with Crippen molar-refractivity contribution in [2.75, 3.05) is 6.54 Å². The van der Waals surface area contributed by atoms with E-state index in [0.29, 0.717) is 5.69 Å². The fourth-order valence-electron chi connectivity index (χ4n) is 1.87. The van der Waals surface area contributed by atoms with E-state index >= 15 is 4.48 Å². The van der Waals surface area contributed by atoms with Crippen LogP contribution in [0.5, 0.6) is 0 Å². The molecule has 3 heteroatoms. The molecule has 18 heavy (non-hydrogen) atoms. The van der Waals surface area contributed by atoms with Gasteiger partial charge in [0, 0.05) is 28.7 Å². The Labute approximate surface area is 105 Å². The van der Waals surface area contributed by atoms with E-state index in [-0.39, 0.29) is 12.2 Å². The van der Waals surface area contributed by atoms with E-state index in [1.807, 2.05) is 0 Å². The summed E-state index contributed by atoms with van der Waals surface area (Å²) in [6, 6.07) is 15.2. The number of halogens is 2. The molecule has 0 saturated carbocycles. The van der Waals surface area contributed by atoms with Crippen molar-refractivity contribution in [2.24, 2.45) is 0 Å². The van der Waals surface area contributed by atoms with Gasteiger partial charge in [-0.15, -0.1) is 0 Å². The van der Waals surface area contributed by atoms with Gasteiger partial charge in [0.15, 0.2) is 11.5 Å². The maximum atomic E-state index is 15.1. The second kappa shape index (κ2) is 5.10. The Morgan fingerprint density at radius 3 is 2.50 bits per heavy atom. The van der Waals surface area contributed by atoms with Crippen LogP contribution in [0.25, 0.3) is 0 Å². The van der Waals surface area contributed by atoms with Crippen molar-refractivity contribution in [2.45, 2.75) is 0 Å². The highest BCUT2D eigenvalue weighted by atomic mass is 19.2. The third kappa shape index (κ3) is 2.17. The summed E-state index contributed by atoms with van der Waals surface area (Å²) in [6.45, 7) is 3.50. The minimum absolute atomic E-state index is 0.0429. The van der Waals surface area contributed by atoms with Gasteiger partial charge < -0.3 is 0 Å². The van der Waals surface area contributed by atoms with Crippen molar-refractivity contribution in [1.82, 2.24) is 4.71 Å². The zero-order valence-corrected chi connectivity index (χ0v) is 9.81. The van der Waals surface area contributed by atoms with Crippen molar-refractivity contribution in [3.63, 3.8) is 0 Å². The molecular weight excluding hydrogens is 232 g/mol. The van der Waals surface area contributed by atoms with E-state index in [9.17, 15) is 4.39 Å². The van der Waals surface area contributed by atoms with Crippen LogP contribution >= 0.6 is 0 Å². The maximum Gasteiger partial charge on any atom is 0.213 e. The molecule has 1 unspecified atom stereocenters. The Hall–Kier alpha value is -2.00. The van der Waals surface area contributed by atoms with Crippen LogP contribution in [0.3, 0.4) is 0 Å². The third-order valence-corrected chi connectivity index (χ3v) is 2.71. The van der Waals surface area contributed by atoms with E-state index in [1.165, 1.54) is 18.2 Å². The quantitative estimate of drug-likeness (QED) is 0.555. The highest BCUT2D eigenvalue weighted by Crippen LogP contribution is 2.36. The number of hydrogen-bond acceptors (Lipinski definition) is 0. The van der Waals surface area contributed by atoms with Gasteiger partial charge in [-0.25, -0.2) is 0 Å². The molecule has 0 saturated heterocycles. The van der Waals surface area contributed by atoms with Gasteiger partial charge in [-0.05, 0) is 6.08 Å². The summed E-state index contributed by atoms with van der Waals surface area (Å²) in [6.07, 6.45) is 1.43. The van der Waals surface area contributed by atoms with E-state index in [0.717, 1.165) is 0 Å². The Kier molecular flexibility index (Phi) is 3.53. The molecule has 0 heterocycles. The van der Waals surface area contributed by atoms with Crippen molar-refractivity contribution < 1.29 is 8.87 Å². The number of benzene rings is 2. The van der Waals surface area contributed by atoms with Crippen LogP contribution in [0, 0.1) is 11.9 Å². The van der Waals surface area contributed by atoms with E-state index in [1.54, 1.807) is 36.4 Å². The van der Waals surface area contributed by atoms with Crippen molar-refractivity contribution in [3.05, 3.63) is 73.1 Å². The first-order valence-corrected chi connectivity index (χ1v) is 5.59. The predicted octanol–water partition coefficient (Wildman–Crippen LogP) is 4.34. The standard InChI is InChI=1S/C15H13F2N/c1-2-12-18(17,13-8-4-3-5-9-13)15-11-7-6-10-14(15)16/h2-9,11H,1,12H2/q+1. The van der Waals surface area contributed by atoms with Crippen LogP contribution in [0.1, 0.15) is 0 Å². The molecule has 2 aromatic rings. The van der Waals surface area contributed by atoms with Gasteiger partial charge in [0.2, 0.25) is 5.69 Å². The summed E-state index contributed by atoms with van der Waals surface area (Å²) in [5.74, 6) is -0.689. The lowest BCUT2D eigenvalue weighted by Gasteiger charge is -2.24. The van der Waals surface area contributed by atoms with Gasteiger partial charge in [-0.2, -0.15) is 4.39 Å². The average Bonchev–Trinajstić information content (AvgIpc) is 2.40. The molecule has 0 fully saturated rings. The molecule has 2 rings (SSSR count). The molecule has 1 atom stereocenters. The van der Waals surface area contributed by atoms with Crippen LogP contribution in [0.4, 0.5) is 20.2 Å². The lowest BCUT2D eigenvalue weighted by molar-refractivity contribution is 0.117. The molecule has 0 aromatic heterocycles. The highest BCUT2D eigenvalue weighted by molar-refractivity contribution is 5.56. The summed E-state index contributed by atoms with van der Waals surface area (Å²) in [5, 5.41) is 0. The summed E-state index contributed by atoms with van der Waals surface area (Å²) in [5.41, 5.74) is 0.291. The molecule has 91 valence electrons. The molecule has 0 aliphatic carbocycles. The number of nitrogens with zero attached hydrogens (tertiary/aromatic N) is 1. The monoisotopic (exact) mass is 245 g/mol. The zero-order chi connectivity index (χ0) is 13.0. The fourth-order valence-corrected chi connectivity index (χ4v) is 1.87. The molecule has 0 bridgehead atoms. The summed E-state index contributed by atoms with van der Waals surface area (Å²) < 4.78 is 27.7. The maximum absolute atomic E-state index is 15.1. The lowest BCUT2D eigenvalue weighted by atomic mass is 10.2. The Balaban J connectivity index is 2.58. The van der Waals surface area contributed by atoms with Crippen LogP contribution in [0.2, 0.25) is 0 Å². The molecule has 0 aliphatic rings. The van der Waals surface area contributed by atoms with Crippen molar-refractivity contribution in [1.29, 1.82) is 0 Å². The minimum atomic E-state index is -1.15. The Morgan fingerprint density at radius 2 is 1.89 bits per heavy atom. The normalized spacial score (nSPS) is 13.9.